The Kier molecular flexibility index (Phi) is 5.92. The van der Waals surface area contributed by atoms with Gasteiger partial charge in [0, 0.05) is 16.0 Å². The van der Waals surface area contributed by atoms with Crippen molar-refractivity contribution >= 4 is 23.2 Å². The Labute approximate surface area is 135 Å². The molecule has 112 valence electrons. The molecule has 1 unspecified atom stereocenters. The molecule has 2 N–H and O–H groups in total. The van der Waals surface area contributed by atoms with Gasteiger partial charge in [0.05, 0.1) is 6.61 Å². The number of benzene rings is 2. The van der Waals surface area contributed by atoms with Crippen molar-refractivity contribution in [3.8, 4) is 5.75 Å². The highest BCUT2D eigenvalue weighted by Crippen LogP contribution is 2.29. The number of ether oxygens (including phenoxy) is 1. The lowest BCUT2D eigenvalue weighted by Crippen LogP contribution is -2.15. The molecule has 2 rings (SSSR count). The zero-order valence-electron chi connectivity index (χ0n) is 12.0. The summed E-state index contributed by atoms with van der Waals surface area (Å²) in [6, 6.07) is 13.7. The van der Waals surface area contributed by atoms with E-state index in [1.807, 2.05) is 31.2 Å². The Balaban J connectivity index is 2.14. The predicted octanol–water partition coefficient (Wildman–Crippen LogP) is 4.68. The van der Waals surface area contributed by atoms with E-state index >= 15 is 0 Å². The molecule has 0 saturated carbocycles. The summed E-state index contributed by atoms with van der Waals surface area (Å²) in [5.74, 6) is 1.06. The van der Waals surface area contributed by atoms with Crippen molar-refractivity contribution in [2.24, 2.45) is 5.73 Å². The minimum atomic E-state index is 0.174. The average molecular weight is 324 g/mol. The number of hydrogen-bond acceptors (Lipinski definition) is 2. The quantitative estimate of drug-likeness (QED) is 0.837. The molecule has 2 aromatic rings. The minimum absolute atomic E-state index is 0.174. The maximum absolute atomic E-state index is 6.28. The lowest BCUT2D eigenvalue weighted by Gasteiger charge is -2.17. The first-order chi connectivity index (χ1) is 10.1. The fraction of sp³-hybridized carbons (Fsp3) is 0.294. The summed E-state index contributed by atoms with van der Waals surface area (Å²) in [6.07, 6.45) is 0.838. The van der Waals surface area contributed by atoms with Crippen LogP contribution in [-0.4, -0.2) is 13.2 Å². The largest absolute Gasteiger partial charge is 0.494 e. The van der Waals surface area contributed by atoms with Gasteiger partial charge in [-0.05, 0) is 55.3 Å². The molecular formula is C17H19Cl2NO. The second-order valence-electron chi connectivity index (χ2n) is 4.88. The van der Waals surface area contributed by atoms with E-state index in [-0.39, 0.29) is 5.92 Å². The molecule has 0 aromatic heterocycles. The van der Waals surface area contributed by atoms with E-state index in [1.165, 1.54) is 5.56 Å². The zero-order valence-corrected chi connectivity index (χ0v) is 13.5. The Hall–Kier alpha value is -1.22. The van der Waals surface area contributed by atoms with Gasteiger partial charge in [-0.2, -0.15) is 0 Å². The first-order valence-electron chi connectivity index (χ1n) is 7.00. The molecule has 2 nitrogen and oxygen atoms in total. The molecule has 0 fully saturated rings. The highest BCUT2D eigenvalue weighted by Gasteiger charge is 2.14. The van der Waals surface area contributed by atoms with Crippen molar-refractivity contribution in [2.45, 2.75) is 19.3 Å². The summed E-state index contributed by atoms with van der Waals surface area (Å²) in [4.78, 5) is 0. The van der Waals surface area contributed by atoms with Crippen molar-refractivity contribution in [3.63, 3.8) is 0 Å². The van der Waals surface area contributed by atoms with Crippen LogP contribution in [0, 0.1) is 0 Å². The average Bonchev–Trinajstić information content (AvgIpc) is 2.47. The van der Waals surface area contributed by atoms with Crippen LogP contribution in [-0.2, 0) is 6.42 Å². The monoisotopic (exact) mass is 323 g/mol. The van der Waals surface area contributed by atoms with Gasteiger partial charge in [0.2, 0.25) is 0 Å². The standard InChI is InChI=1S/C17H19Cl2NO/c1-2-21-15-6-3-12(4-7-15)9-13(11-20)16-8-5-14(18)10-17(16)19/h3-8,10,13H,2,9,11,20H2,1H3. The van der Waals surface area contributed by atoms with Gasteiger partial charge in [-0.25, -0.2) is 0 Å². The van der Waals surface area contributed by atoms with Crippen LogP contribution in [0.1, 0.15) is 24.0 Å². The number of halogens is 2. The lowest BCUT2D eigenvalue weighted by atomic mass is 9.92. The second kappa shape index (κ2) is 7.69. The molecule has 0 aliphatic heterocycles. The van der Waals surface area contributed by atoms with Crippen molar-refractivity contribution in [2.75, 3.05) is 13.2 Å². The molecule has 0 aliphatic rings. The first kappa shape index (κ1) is 16.2. The Morgan fingerprint density at radius 3 is 2.38 bits per heavy atom. The minimum Gasteiger partial charge on any atom is -0.494 e. The van der Waals surface area contributed by atoms with E-state index < -0.39 is 0 Å². The summed E-state index contributed by atoms with van der Waals surface area (Å²) < 4.78 is 5.45. The van der Waals surface area contributed by atoms with Gasteiger partial charge in [0.25, 0.3) is 0 Å². The molecule has 21 heavy (non-hydrogen) atoms. The molecule has 0 amide bonds. The van der Waals surface area contributed by atoms with Crippen LogP contribution in [0.25, 0.3) is 0 Å². The third-order valence-electron chi connectivity index (χ3n) is 3.40. The normalized spacial score (nSPS) is 12.2. The van der Waals surface area contributed by atoms with E-state index in [2.05, 4.69) is 12.1 Å². The van der Waals surface area contributed by atoms with Crippen LogP contribution in [0.2, 0.25) is 10.0 Å². The predicted molar refractivity (Wildman–Crippen MR) is 89.6 cm³/mol. The first-order valence-corrected chi connectivity index (χ1v) is 7.76. The van der Waals surface area contributed by atoms with E-state index in [0.29, 0.717) is 23.2 Å². The Morgan fingerprint density at radius 2 is 1.81 bits per heavy atom. The summed E-state index contributed by atoms with van der Waals surface area (Å²) in [6.45, 7) is 3.18. The second-order valence-corrected chi connectivity index (χ2v) is 5.72. The maximum Gasteiger partial charge on any atom is 0.119 e. The van der Waals surface area contributed by atoms with Gasteiger partial charge in [-0.3, -0.25) is 0 Å². The van der Waals surface area contributed by atoms with Crippen LogP contribution in [0.15, 0.2) is 42.5 Å². The topological polar surface area (TPSA) is 35.2 Å². The Morgan fingerprint density at radius 1 is 1.10 bits per heavy atom. The molecule has 1 atom stereocenters. The van der Waals surface area contributed by atoms with Crippen LogP contribution in [0.3, 0.4) is 0 Å². The molecule has 0 heterocycles. The summed E-state index contributed by atoms with van der Waals surface area (Å²) in [5, 5.41) is 1.31. The van der Waals surface area contributed by atoms with Gasteiger partial charge < -0.3 is 10.5 Å². The highest BCUT2D eigenvalue weighted by atomic mass is 35.5. The van der Waals surface area contributed by atoms with Crippen molar-refractivity contribution < 1.29 is 4.74 Å². The van der Waals surface area contributed by atoms with Crippen LogP contribution in [0.5, 0.6) is 5.75 Å². The Bertz CT molecular complexity index is 584. The molecule has 4 heteroatoms. The van der Waals surface area contributed by atoms with Gasteiger partial charge >= 0.3 is 0 Å². The van der Waals surface area contributed by atoms with Crippen LogP contribution in [0.4, 0.5) is 0 Å². The van der Waals surface area contributed by atoms with E-state index in [4.69, 9.17) is 33.7 Å². The summed E-state index contributed by atoms with van der Waals surface area (Å²) in [5.41, 5.74) is 8.17. The molecule has 0 radical (unpaired) electrons. The number of nitrogens with two attached hydrogens (primary N) is 1. The maximum atomic E-state index is 6.28. The zero-order chi connectivity index (χ0) is 15.2. The van der Waals surface area contributed by atoms with Crippen molar-refractivity contribution in [1.82, 2.24) is 0 Å². The third kappa shape index (κ3) is 4.37. The van der Waals surface area contributed by atoms with Crippen molar-refractivity contribution in [3.05, 3.63) is 63.6 Å². The summed E-state index contributed by atoms with van der Waals surface area (Å²) >= 11 is 12.2. The molecule has 0 aliphatic carbocycles. The van der Waals surface area contributed by atoms with E-state index in [1.54, 1.807) is 6.07 Å². The molecule has 0 spiro atoms. The number of hydrogen-bond donors (Lipinski definition) is 1. The van der Waals surface area contributed by atoms with E-state index in [0.717, 1.165) is 17.7 Å². The molecule has 0 bridgehead atoms. The highest BCUT2D eigenvalue weighted by molar-refractivity contribution is 6.35. The van der Waals surface area contributed by atoms with Crippen LogP contribution < -0.4 is 10.5 Å². The third-order valence-corrected chi connectivity index (χ3v) is 3.97. The van der Waals surface area contributed by atoms with Gasteiger partial charge in [-0.1, -0.05) is 41.4 Å². The van der Waals surface area contributed by atoms with Crippen LogP contribution >= 0.6 is 23.2 Å². The smallest absolute Gasteiger partial charge is 0.119 e. The van der Waals surface area contributed by atoms with Gasteiger partial charge in [0.1, 0.15) is 5.75 Å². The number of rotatable bonds is 6. The van der Waals surface area contributed by atoms with Gasteiger partial charge in [0.15, 0.2) is 0 Å². The fourth-order valence-electron chi connectivity index (χ4n) is 2.33. The lowest BCUT2D eigenvalue weighted by molar-refractivity contribution is 0.340. The molecule has 2 aromatic carbocycles. The SMILES string of the molecule is CCOc1ccc(CC(CN)c2ccc(Cl)cc2Cl)cc1. The van der Waals surface area contributed by atoms with E-state index in [9.17, 15) is 0 Å². The summed E-state index contributed by atoms with van der Waals surface area (Å²) in [7, 11) is 0. The van der Waals surface area contributed by atoms with Crippen molar-refractivity contribution in [1.29, 1.82) is 0 Å². The molecule has 0 saturated heterocycles. The van der Waals surface area contributed by atoms with Gasteiger partial charge in [-0.15, -0.1) is 0 Å². The fourth-order valence-corrected chi connectivity index (χ4v) is 2.89. The molecular weight excluding hydrogens is 305 g/mol.